The van der Waals surface area contributed by atoms with Gasteiger partial charge in [0, 0.05) is 13.1 Å². The van der Waals surface area contributed by atoms with E-state index in [2.05, 4.69) is 11.4 Å². The number of carbonyl (C=O) groups is 2. The van der Waals surface area contributed by atoms with Gasteiger partial charge < -0.3 is 10.2 Å². The maximum atomic E-state index is 12.8. The SMILES string of the molecule is CCN1C(=O)Cc2ccccc2C1C(=O)NCc1cccc(C)c1. The van der Waals surface area contributed by atoms with Crippen LogP contribution in [0.1, 0.15) is 35.2 Å². The quantitative estimate of drug-likeness (QED) is 0.941. The van der Waals surface area contributed by atoms with Gasteiger partial charge in [0.05, 0.1) is 6.42 Å². The molecule has 2 amide bonds. The van der Waals surface area contributed by atoms with E-state index < -0.39 is 6.04 Å². The van der Waals surface area contributed by atoms with Crippen LogP contribution < -0.4 is 5.32 Å². The number of aryl methyl sites for hydroxylation is 1. The number of likely N-dealkylation sites (N-methyl/N-ethyl adjacent to an activating group) is 1. The third-order valence-corrected chi connectivity index (χ3v) is 4.46. The van der Waals surface area contributed by atoms with Gasteiger partial charge in [-0.15, -0.1) is 0 Å². The van der Waals surface area contributed by atoms with Crippen molar-refractivity contribution in [3.05, 3.63) is 70.8 Å². The summed E-state index contributed by atoms with van der Waals surface area (Å²) in [7, 11) is 0. The van der Waals surface area contributed by atoms with Crippen LogP contribution in [0.5, 0.6) is 0 Å². The Hall–Kier alpha value is -2.62. The first-order valence-corrected chi connectivity index (χ1v) is 8.30. The highest BCUT2D eigenvalue weighted by Crippen LogP contribution is 2.30. The Bertz CT molecular complexity index is 770. The van der Waals surface area contributed by atoms with Gasteiger partial charge in [-0.1, -0.05) is 54.1 Å². The molecule has 0 bridgehead atoms. The summed E-state index contributed by atoms with van der Waals surface area (Å²) in [6.45, 7) is 4.92. The van der Waals surface area contributed by atoms with E-state index in [-0.39, 0.29) is 11.8 Å². The van der Waals surface area contributed by atoms with Gasteiger partial charge in [0.25, 0.3) is 0 Å². The zero-order chi connectivity index (χ0) is 17.1. The molecule has 4 nitrogen and oxygen atoms in total. The molecule has 1 atom stereocenters. The second-order valence-corrected chi connectivity index (χ2v) is 6.16. The number of carbonyl (C=O) groups excluding carboxylic acids is 2. The van der Waals surface area contributed by atoms with Crippen molar-refractivity contribution in [3.8, 4) is 0 Å². The van der Waals surface area contributed by atoms with Crippen LogP contribution in [0.3, 0.4) is 0 Å². The van der Waals surface area contributed by atoms with Gasteiger partial charge in [0.1, 0.15) is 6.04 Å². The first kappa shape index (κ1) is 16.2. The molecule has 1 heterocycles. The normalized spacial score (nSPS) is 16.7. The highest BCUT2D eigenvalue weighted by molar-refractivity contribution is 5.92. The topological polar surface area (TPSA) is 49.4 Å². The molecule has 1 aliphatic rings. The number of fused-ring (bicyclic) bond motifs is 1. The zero-order valence-corrected chi connectivity index (χ0v) is 14.1. The predicted molar refractivity (Wildman–Crippen MR) is 93.3 cm³/mol. The van der Waals surface area contributed by atoms with E-state index in [9.17, 15) is 9.59 Å². The fourth-order valence-corrected chi connectivity index (χ4v) is 3.29. The number of hydrogen-bond donors (Lipinski definition) is 1. The van der Waals surface area contributed by atoms with Crippen LogP contribution in [0.4, 0.5) is 0 Å². The zero-order valence-electron chi connectivity index (χ0n) is 14.1. The first-order chi connectivity index (χ1) is 11.6. The molecule has 2 aromatic rings. The Kier molecular flexibility index (Phi) is 4.65. The summed E-state index contributed by atoms with van der Waals surface area (Å²) in [5.74, 6) is -0.120. The summed E-state index contributed by atoms with van der Waals surface area (Å²) in [4.78, 5) is 26.9. The second kappa shape index (κ2) is 6.87. The Morgan fingerprint density at radius 2 is 2.00 bits per heavy atom. The summed E-state index contributed by atoms with van der Waals surface area (Å²) in [6, 6.07) is 15.2. The van der Waals surface area contributed by atoms with E-state index in [4.69, 9.17) is 0 Å². The molecular weight excluding hydrogens is 300 g/mol. The van der Waals surface area contributed by atoms with Crippen LogP contribution in [0, 0.1) is 6.92 Å². The Morgan fingerprint density at radius 3 is 2.75 bits per heavy atom. The largest absolute Gasteiger partial charge is 0.350 e. The Morgan fingerprint density at radius 1 is 1.21 bits per heavy atom. The van der Waals surface area contributed by atoms with Crippen molar-refractivity contribution in [2.45, 2.75) is 32.9 Å². The Balaban J connectivity index is 1.82. The number of nitrogens with one attached hydrogen (secondary N) is 1. The molecule has 1 N–H and O–H groups in total. The van der Waals surface area contributed by atoms with Crippen molar-refractivity contribution in [2.75, 3.05) is 6.54 Å². The lowest BCUT2D eigenvalue weighted by Gasteiger charge is -2.35. The molecule has 24 heavy (non-hydrogen) atoms. The molecule has 2 aromatic carbocycles. The lowest BCUT2D eigenvalue weighted by atomic mass is 9.91. The van der Waals surface area contributed by atoms with Crippen molar-refractivity contribution in [1.82, 2.24) is 10.2 Å². The van der Waals surface area contributed by atoms with Crippen LogP contribution in [0.2, 0.25) is 0 Å². The van der Waals surface area contributed by atoms with E-state index >= 15 is 0 Å². The fraction of sp³-hybridized carbons (Fsp3) is 0.300. The first-order valence-electron chi connectivity index (χ1n) is 8.30. The fourth-order valence-electron chi connectivity index (χ4n) is 3.29. The molecular formula is C20H22N2O2. The van der Waals surface area contributed by atoms with Crippen LogP contribution in [-0.4, -0.2) is 23.3 Å². The van der Waals surface area contributed by atoms with E-state index in [1.54, 1.807) is 4.90 Å². The molecule has 0 aromatic heterocycles. The van der Waals surface area contributed by atoms with E-state index in [1.165, 1.54) is 0 Å². The van der Waals surface area contributed by atoms with Crippen LogP contribution >= 0.6 is 0 Å². The molecule has 1 aliphatic heterocycles. The average Bonchev–Trinajstić information content (AvgIpc) is 2.58. The monoisotopic (exact) mass is 322 g/mol. The highest BCUT2D eigenvalue weighted by Gasteiger charge is 2.35. The van der Waals surface area contributed by atoms with Crippen molar-refractivity contribution in [1.29, 1.82) is 0 Å². The maximum absolute atomic E-state index is 12.8. The van der Waals surface area contributed by atoms with E-state index in [0.717, 1.165) is 22.3 Å². The third kappa shape index (κ3) is 3.18. The lowest BCUT2D eigenvalue weighted by molar-refractivity contribution is -0.141. The standard InChI is InChI=1S/C20H22N2O2/c1-3-22-18(23)12-16-9-4-5-10-17(16)19(22)20(24)21-13-15-8-6-7-14(2)11-15/h4-11,19H,3,12-13H2,1-2H3,(H,21,24). The van der Waals surface area contributed by atoms with Gasteiger partial charge in [-0.05, 0) is 30.5 Å². The molecule has 0 aliphatic carbocycles. The average molecular weight is 322 g/mol. The summed E-state index contributed by atoms with van der Waals surface area (Å²) < 4.78 is 0. The summed E-state index contributed by atoms with van der Waals surface area (Å²) in [5, 5.41) is 2.99. The van der Waals surface area contributed by atoms with Gasteiger partial charge in [0.2, 0.25) is 11.8 Å². The summed E-state index contributed by atoms with van der Waals surface area (Å²) in [5.41, 5.74) is 4.10. The number of rotatable bonds is 4. The predicted octanol–water partition coefficient (Wildman–Crippen LogP) is 2.76. The molecule has 3 rings (SSSR count). The minimum Gasteiger partial charge on any atom is -0.350 e. The molecule has 0 spiro atoms. The van der Waals surface area contributed by atoms with Gasteiger partial charge in [-0.2, -0.15) is 0 Å². The minimum atomic E-state index is -0.544. The molecule has 0 radical (unpaired) electrons. The molecule has 1 unspecified atom stereocenters. The van der Waals surface area contributed by atoms with Gasteiger partial charge in [-0.3, -0.25) is 9.59 Å². The number of benzene rings is 2. The number of nitrogens with zero attached hydrogens (tertiary/aromatic N) is 1. The molecule has 4 heteroatoms. The van der Waals surface area contributed by atoms with E-state index in [1.807, 2.05) is 56.3 Å². The molecule has 0 saturated carbocycles. The van der Waals surface area contributed by atoms with Crippen LogP contribution in [0.25, 0.3) is 0 Å². The van der Waals surface area contributed by atoms with Crippen molar-refractivity contribution >= 4 is 11.8 Å². The van der Waals surface area contributed by atoms with E-state index in [0.29, 0.717) is 19.5 Å². The highest BCUT2D eigenvalue weighted by atomic mass is 16.2. The van der Waals surface area contributed by atoms with Gasteiger partial charge >= 0.3 is 0 Å². The van der Waals surface area contributed by atoms with Crippen LogP contribution in [-0.2, 0) is 22.6 Å². The van der Waals surface area contributed by atoms with Crippen LogP contribution in [0.15, 0.2) is 48.5 Å². The summed E-state index contributed by atoms with van der Waals surface area (Å²) >= 11 is 0. The molecule has 0 saturated heterocycles. The second-order valence-electron chi connectivity index (χ2n) is 6.16. The molecule has 0 fully saturated rings. The summed E-state index contributed by atoms with van der Waals surface area (Å²) in [6.07, 6.45) is 0.367. The van der Waals surface area contributed by atoms with Crippen molar-refractivity contribution in [2.24, 2.45) is 0 Å². The number of amides is 2. The van der Waals surface area contributed by atoms with Crippen molar-refractivity contribution in [3.63, 3.8) is 0 Å². The lowest BCUT2D eigenvalue weighted by Crippen LogP contribution is -2.47. The third-order valence-electron chi connectivity index (χ3n) is 4.46. The van der Waals surface area contributed by atoms with Gasteiger partial charge in [-0.25, -0.2) is 0 Å². The smallest absolute Gasteiger partial charge is 0.247 e. The minimum absolute atomic E-state index is 0.00639. The number of hydrogen-bond acceptors (Lipinski definition) is 2. The van der Waals surface area contributed by atoms with Crippen molar-refractivity contribution < 1.29 is 9.59 Å². The molecule has 124 valence electrons. The Labute approximate surface area is 142 Å². The van der Waals surface area contributed by atoms with Gasteiger partial charge in [0.15, 0.2) is 0 Å². The maximum Gasteiger partial charge on any atom is 0.247 e.